The summed E-state index contributed by atoms with van der Waals surface area (Å²) < 4.78 is 0. The van der Waals surface area contributed by atoms with Crippen molar-refractivity contribution in [2.45, 2.75) is 12.8 Å². The van der Waals surface area contributed by atoms with Gasteiger partial charge < -0.3 is 10.2 Å². The van der Waals surface area contributed by atoms with Gasteiger partial charge in [-0.15, -0.1) is 0 Å². The van der Waals surface area contributed by atoms with Crippen molar-refractivity contribution in [3.8, 4) is 0 Å². The van der Waals surface area contributed by atoms with E-state index >= 15 is 0 Å². The van der Waals surface area contributed by atoms with Crippen molar-refractivity contribution < 1.29 is 19.8 Å². The van der Waals surface area contributed by atoms with Crippen LogP contribution in [0.1, 0.15) is 11.1 Å². The fourth-order valence-electron chi connectivity index (χ4n) is 2.15. The lowest BCUT2D eigenvalue weighted by molar-refractivity contribution is -0.164. The Bertz CT molecular complexity index is 571. The summed E-state index contributed by atoms with van der Waals surface area (Å²) in [6.07, 6.45) is 5.82. The van der Waals surface area contributed by atoms with Crippen molar-refractivity contribution in [1.29, 1.82) is 0 Å². The van der Waals surface area contributed by atoms with Crippen molar-refractivity contribution in [3.63, 3.8) is 0 Å². The third-order valence-electron chi connectivity index (χ3n) is 3.33. The summed E-state index contributed by atoms with van der Waals surface area (Å²) in [6.45, 7) is 0. The van der Waals surface area contributed by atoms with E-state index in [0.717, 1.165) is 0 Å². The van der Waals surface area contributed by atoms with Gasteiger partial charge in [-0.25, -0.2) is 0 Å². The van der Waals surface area contributed by atoms with Gasteiger partial charge >= 0.3 is 11.9 Å². The molecule has 6 heteroatoms. The molecule has 0 saturated heterocycles. The zero-order valence-corrected chi connectivity index (χ0v) is 11.1. The largest absolute Gasteiger partial charge is 0.480 e. The SMILES string of the molecule is O=C(O)C(Cc1ccncc1)(Cc1ccncc1)C(=O)O. The molecule has 0 atom stereocenters. The Hall–Kier alpha value is -2.76. The van der Waals surface area contributed by atoms with E-state index < -0.39 is 17.4 Å². The molecule has 0 saturated carbocycles. The Morgan fingerprint density at radius 3 is 1.43 bits per heavy atom. The zero-order valence-electron chi connectivity index (χ0n) is 11.1. The fraction of sp³-hybridized carbons (Fsp3) is 0.200. The van der Waals surface area contributed by atoms with E-state index in [1.54, 1.807) is 24.3 Å². The lowest BCUT2D eigenvalue weighted by Gasteiger charge is -2.25. The van der Waals surface area contributed by atoms with Gasteiger partial charge in [-0.1, -0.05) is 0 Å². The van der Waals surface area contributed by atoms with Crippen molar-refractivity contribution in [2.24, 2.45) is 5.41 Å². The van der Waals surface area contributed by atoms with Crippen LogP contribution in [-0.4, -0.2) is 32.1 Å². The summed E-state index contributed by atoms with van der Waals surface area (Å²) in [6, 6.07) is 6.47. The number of rotatable bonds is 6. The Kier molecular flexibility index (Phi) is 4.27. The number of aliphatic carboxylic acids is 2. The minimum absolute atomic E-state index is 0.109. The molecule has 2 rings (SSSR count). The summed E-state index contributed by atoms with van der Waals surface area (Å²) in [4.78, 5) is 31.0. The number of carboxylic acids is 2. The van der Waals surface area contributed by atoms with E-state index in [0.29, 0.717) is 11.1 Å². The van der Waals surface area contributed by atoms with E-state index in [9.17, 15) is 19.8 Å². The van der Waals surface area contributed by atoms with Crippen LogP contribution in [0.2, 0.25) is 0 Å². The third-order valence-corrected chi connectivity index (χ3v) is 3.33. The Labute approximate surface area is 121 Å². The van der Waals surface area contributed by atoms with Gasteiger partial charge in [0.2, 0.25) is 0 Å². The van der Waals surface area contributed by atoms with Gasteiger partial charge in [0.15, 0.2) is 5.41 Å². The van der Waals surface area contributed by atoms with Crippen LogP contribution in [-0.2, 0) is 22.4 Å². The van der Waals surface area contributed by atoms with Gasteiger partial charge in [-0.3, -0.25) is 19.6 Å². The first-order valence-electron chi connectivity index (χ1n) is 6.29. The molecular formula is C15H14N2O4. The van der Waals surface area contributed by atoms with Gasteiger partial charge in [0.05, 0.1) is 0 Å². The fourth-order valence-corrected chi connectivity index (χ4v) is 2.15. The van der Waals surface area contributed by atoms with Crippen LogP contribution in [0.5, 0.6) is 0 Å². The summed E-state index contributed by atoms with van der Waals surface area (Å²) in [5, 5.41) is 19.0. The lowest BCUT2D eigenvalue weighted by Crippen LogP contribution is -2.43. The zero-order chi connectivity index (χ0) is 15.3. The number of pyridine rings is 2. The van der Waals surface area contributed by atoms with Crippen LogP contribution in [0.25, 0.3) is 0 Å². The summed E-state index contributed by atoms with van der Waals surface area (Å²) >= 11 is 0. The second kappa shape index (κ2) is 6.13. The molecule has 0 aliphatic rings. The normalized spacial score (nSPS) is 11.0. The summed E-state index contributed by atoms with van der Waals surface area (Å²) in [5.41, 5.74) is -0.685. The second-order valence-corrected chi connectivity index (χ2v) is 4.76. The predicted molar refractivity (Wildman–Crippen MR) is 73.6 cm³/mol. The monoisotopic (exact) mass is 286 g/mol. The van der Waals surface area contributed by atoms with E-state index in [1.165, 1.54) is 24.8 Å². The highest BCUT2D eigenvalue weighted by atomic mass is 16.4. The smallest absolute Gasteiger partial charge is 0.321 e. The molecule has 108 valence electrons. The van der Waals surface area contributed by atoms with Crippen molar-refractivity contribution >= 4 is 11.9 Å². The molecule has 0 fully saturated rings. The molecule has 0 aliphatic carbocycles. The molecule has 0 unspecified atom stereocenters. The highest BCUT2D eigenvalue weighted by Gasteiger charge is 2.46. The predicted octanol–water partition coefficient (Wildman–Crippen LogP) is 1.42. The highest BCUT2D eigenvalue weighted by Crippen LogP contribution is 2.29. The number of nitrogens with zero attached hydrogens (tertiary/aromatic N) is 2. The molecule has 0 amide bonds. The molecule has 6 nitrogen and oxygen atoms in total. The Balaban J connectivity index is 2.38. The first-order valence-corrected chi connectivity index (χ1v) is 6.29. The standard InChI is InChI=1S/C15H14N2O4/c18-13(19)15(14(20)21,9-11-1-5-16-6-2-11)10-12-3-7-17-8-4-12/h1-8H,9-10H2,(H,18,19)(H,20,21). The Morgan fingerprint density at radius 1 is 0.810 bits per heavy atom. The summed E-state index contributed by atoms with van der Waals surface area (Å²) in [5.74, 6) is -2.72. The van der Waals surface area contributed by atoms with Gasteiger partial charge in [0.1, 0.15) is 0 Å². The maximum atomic E-state index is 11.7. The molecule has 0 aliphatic heterocycles. The lowest BCUT2D eigenvalue weighted by atomic mass is 9.77. The third kappa shape index (κ3) is 3.22. The number of carbonyl (C=O) groups is 2. The molecule has 2 aromatic heterocycles. The van der Waals surface area contributed by atoms with Gasteiger partial charge in [0, 0.05) is 24.8 Å². The van der Waals surface area contributed by atoms with Crippen LogP contribution >= 0.6 is 0 Å². The van der Waals surface area contributed by atoms with Crippen molar-refractivity contribution in [3.05, 3.63) is 60.2 Å². The van der Waals surface area contributed by atoms with E-state index in [1.807, 2.05) is 0 Å². The topological polar surface area (TPSA) is 100 Å². The number of hydrogen-bond acceptors (Lipinski definition) is 4. The van der Waals surface area contributed by atoms with E-state index in [2.05, 4.69) is 9.97 Å². The molecule has 0 aromatic carbocycles. The number of aromatic nitrogens is 2. The second-order valence-electron chi connectivity index (χ2n) is 4.76. The van der Waals surface area contributed by atoms with Crippen LogP contribution in [0.15, 0.2) is 49.1 Å². The van der Waals surface area contributed by atoms with Gasteiger partial charge in [-0.2, -0.15) is 0 Å². The van der Waals surface area contributed by atoms with Crippen LogP contribution in [0.3, 0.4) is 0 Å². The highest BCUT2D eigenvalue weighted by molar-refractivity contribution is 5.98. The molecule has 2 aromatic rings. The molecule has 21 heavy (non-hydrogen) atoms. The maximum Gasteiger partial charge on any atom is 0.321 e. The average molecular weight is 286 g/mol. The van der Waals surface area contributed by atoms with E-state index in [-0.39, 0.29) is 12.8 Å². The first kappa shape index (κ1) is 14.6. The van der Waals surface area contributed by atoms with E-state index in [4.69, 9.17) is 0 Å². The Morgan fingerprint density at radius 2 is 1.14 bits per heavy atom. The average Bonchev–Trinajstić information content (AvgIpc) is 2.48. The number of hydrogen-bond donors (Lipinski definition) is 2. The van der Waals surface area contributed by atoms with Crippen molar-refractivity contribution in [2.75, 3.05) is 0 Å². The van der Waals surface area contributed by atoms with Crippen LogP contribution in [0, 0.1) is 5.41 Å². The molecule has 0 spiro atoms. The molecular weight excluding hydrogens is 272 g/mol. The minimum Gasteiger partial charge on any atom is -0.480 e. The maximum absolute atomic E-state index is 11.7. The van der Waals surface area contributed by atoms with Crippen LogP contribution in [0.4, 0.5) is 0 Å². The molecule has 2 N–H and O–H groups in total. The van der Waals surface area contributed by atoms with Gasteiger partial charge in [-0.05, 0) is 48.2 Å². The first-order chi connectivity index (χ1) is 10.0. The molecule has 0 radical (unpaired) electrons. The van der Waals surface area contributed by atoms with Crippen molar-refractivity contribution in [1.82, 2.24) is 9.97 Å². The number of carboxylic acid groups (broad SMARTS) is 2. The quantitative estimate of drug-likeness (QED) is 0.779. The molecule has 0 bridgehead atoms. The minimum atomic E-state index is -1.91. The van der Waals surface area contributed by atoms with Crippen LogP contribution < -0.4 is 0 Å². The molecule has 2 heterocycles. The summed E-state index contributed by atoms with van der Waals surface area (Å²) in [7, 11) is 0. The van der Waals surface area contributed by atoms with Gasteiger partial charge in [0.25, 0.3) is 0 Å².